The minimum absolute atomic E-state index is 0.00420. The quantitative estimate of drug-likeness (QED) is 0.651. The highest BCUT2D eigenvalue weighted by molar-refractivity contribution is 5.88. The smallest absolute Gasteiger partial charge is 0.247 e. The van der Waals surface area contributed by atoms with Crippen LogP contribution in [-0.4, -0.2) is 61.3 Å². The van der Waals surface area contributed by atoms with Crippen molar-refractivity contribution in [2.24, 2.45) is 17.3 Å². The monoisotopic (exact) mass is 421 g/mol. The first-order chi connectivity index (χ1) is 14.2. The summed E-state index contributed by atoms with van der Waals surface area (Å²) in [6.45, 7) is 12.0. The SMILES string of the molecule is CCC1(CO[C@H](C)C(NC(=O)C(C)C)C(=O)N2CCC(C#N)CC2)CCC(C)OC1. The van der Waals surface area contributed by atoms with Crippen molar-refractivity contribution < 1.29 is 19.1 Å². The van der Waals surface area contributed by atoms with Crippen LogP contribution < -0.4 is 5.32 Å². The molecule has 1 N–H and O–H groups in total. The van der Waals surface area contributed by atoms with E-state index in [1.165, 1.54) is 0 Å². The van der Waals surface area contributed by atoms with Crippen molar-refractivity contribution >= 4 is 11.8 Å². The fraction of sp³-hybridized carbons (Fsp3) is 0.870. The van der Waals surface area contributed by atoms with Gasteiger partial charge in [-0.25, -0.2) is 0 Å². The number of rotatable bonds is 8. The second-order valence-electron chi connectivity index (χ2n) is 9.40. The van der Waals surface area contributed by atoms with Gasteiger partial charge in [0.25, 0.3) is 0 Å². The van der Waals surface area contributed by atoms with Gasteiger partial charge >= 0.3 is 0 Å². The van der Waals surface area contributed by atoms with Crippen LogP contribution >= 0.6 is 0 Å². The van der Waals surface area contributed by atoms with Crippen molar-refractivity contribution in [1.29, 1.82) is 5.26 Å². The van der Waals surface area contributed by atoms with E-state index in [2.05, 4.69) is 25.2 Å². The summed E-state index contributed by atoms with van der Waals surface area (Å²) in [5.41, 5.74) is -0.0401. The first kappa shape index (κ1) is 24.6. The Bertz CT molecular complexity index is 614. The maximum atomic E-state index is 13.3. The third-order valence-electron chi connectivity index (χ3n) is 6.70. The number of amides is 2. The van der Waals surface area contributed by atoms with Crippen molar-refractivity contribution in [3.05, 3.63) is 0 Å². The summed E-state index contributed by atoms with van der Waals surface area (Å²) >= 11 is 0. The lowest BCUT2D eigenvalue weighted by atomic mass is 9.79. The number of nitrogens with zero attached hydrogens (tertiary/aromatic N) is 2. The maximum absolute atomic E-state index is 13.3. The molecular formula is C23H39N3O4. The van der Waals surface area contributed by atoms with Gasteiger partial charge in [0.1, 0.15) is 6.04 Å². The van der Waals surface area contributed by atoms with Crippen LogP contribution in [0.15, 0.2) is 0 Å². The van der Waals surface area contributed by atoms with Crippen LogP contribution in [-0.2, 0) is 19.1 Å². The Balaban J connectivity index is 2.05. The predicted molar refractivity (Wildman–Crippen MR) is 114 cm³/mol. The molecule has 0 aliphatic carbocycles. The number of hydrogen-bond acceptors (Lipinski definition) is 5. The van der Waals surface area contributed by atoms with E-state index in [-0.39, 0.29) is 35.2 Å². The zero-order valence-electron chi connectivity index (χ0n) is 19.3. The van der Waals surface area contributed by atoms with Gasteiger partial charge in [-0.3, -0.25) is 9.59 Å². The first-order valence-electron chi connectivity index (χ1n) is 11.4. The fourth-order valence-corrected chi connectivity index (χ4v) is 4.01. The van der Waals surface area contributed by atoms with Crippen LogP contribution in [0.4, 0.5) is 0 Å². The number of ether oxygens (including phenoxy) is 2. The Kier molecular flexibility index (Phi) is 9.11. The predicted octanol–water partition coefficient (Wildman–Crippen LogP) is 2.89. The number of nitriles is 1. The lowest BCUT2D eigenvalue weighted by molar-refractivity contribution is -0.146. The van der Waals surface area contributed by atoms with Crippen LogP contribution in [0.2, 0.25) is 0 Å². The molecule has 0 radical (unpaired) electrons. The lowest BCUT2D eigenvalue weighted by Crippen LogP contribution is -2.56. The van der Waals surface area contributed by atoms with Crippen LogP contribution in [0.1, 0.15) is 66.7 Å². The fourth-order valence-electron chi connectivity index (χ4n) is 4.01. The summed E-state index contributed by atoms with van der Waals surface area (Å²) in [5, 5.41) is 12.0. The number of likely N-dealkylation sites (tertiary alicyclic amines) is 1. The first-order valence-corrected chi connectivity index (χ1v) is 11.4. The van der Waals surface area contributed by atoms with E-state index in [9.17, 15) is 9.59 Å². The minimum atomic E-state index is -0.726. The highest BCUT2D eigenvalue weighted by Crippen LogP contribution is 2.35. The summed E-state index contributed by atoms with van der Waals surface area (Å²) in [6, 6.07) is 1.56. The molecule has 2 fully saturated rings. The molecule has 7 nitrogen and oxygen atoms in total. The molecule has 2 heterocycles. The van der Waals surface area contributed by atoms with E-state index < -0.39 is 12.1 Å². The third-order valence-corrected chi connectivity index (χ3v) is 6.70. The van der Waals surface area contributed by atoms with Crippen molar-refractivity contribution in [2.45, 2.75) is 85.0 Å². The molecule has 30 heavy (non-hydrogen) atoms. The van der Waals surface area contributed by atoms with Crippen molar-refractivity contribution in [3.63, 3.8) is 0 Å². The molecule has 2 aliphatic rings. The molecule has 7 heteroatoms. The molecule has 2 saturated heterocycles. The van der Waals surface area contributed by atoms with E-state index >= 15 is 0 Å². The summed E-state index contributed by atoms with van der Waals surface area (Å²) in [6.07, 6.45) is 4.18. The van der Waals surface area contributed by atoms with Crippen molar-refractivity contribution in [1.82, 2.24) is 10.2 Å². The number of nitrogens with one attached hydrogen (secondary N) is 1. The van der Waals surface area contributed by atoms with Gasteiger partial charge in [0, 0.05) is 30.3 Å². The topological polar surface area (TPSA) is 91.7 Å². The summed E-state index contributed by atoms with van der Waals surface area (Å²) in [5.74, 6) is -0.487. The lowest BCUT2D eigenvalue weighted by Gasteiger charge is -2.40. The molecule has 0 aromatic rings. The van der Waals surface area contributed by atoms with Gasteiger partial charge in [-0.05, 0) is 46.0 Å². The van der Waals surface area contributed by atoms with Gasteiger partial charge in [0.05, 0.1) is 31.5 Å². The van der Waals surface area contributed by atoms with Crippen LogP contribution in [0, 0.1) is 28.6 Å². The average molecular weight is 422 g/mol. The molecule has 0 saturated carbocycles. The highest BCUT2D eigenvalue weighted by atomic mass is 16.5. The molecule has 3 unspecified atom stereocenters. The number of carbonyl (C=O) groups excluding carboxylic acids is 2. The molecule has 0 bridgehead atoms. The van der Waals surface area contributed by atoms with Gasteiger partial charge in [0.15, 0.2) is 0 Å². The van der Waals surface area contributed by atoms with E-state index in [0.29, 0.717) is 39.1 Å². The number of carbonyl (C=O) groups is 2. The van der Waals surface area contributed by atoms with E-state index in [4.69, 9.17) is 14.7 Å². The Morgan fingerprint density at radius 3 is 2.43 bits per heavy atom. The molecule has 4 atom stereocenters. The molecule has 0 aromatic carbocycles. The number of hydrogen-bond donors (Lipinski definition) is 1. The summed E-state index contributed by atoms with van der Waals surface area (Å²) < 4.78 is 12.1. The summed E-state index contributed by atoms with van der Waals surface area (Å²) in [7, 11) is 0. The molecule has 2 aliphatic heterocycles. The Labute approximate surface area is 181 Å². The second kappa shape index (κ2) is 11.1. The zero-order chi connectivity index (χ0) is 22.3. The normalized spacial score (nSPS) is 27.4. The maximum Gasteiger partial charge on any atom is 0.247 e. The molecule has 0 aromatic heterocycles. The zero-order valence-corrected chi connectivity index (χ0v) is 19.3. The molecule has 0 spiro atoms. The Hall–Kier alpha value is -1.65. The highest BCUT2D eigenvalue weighted by Gasteiger charge is 2.38. The van der Waals surface area contributed by atoms with Crippen LogP contribution in [0.5, 0.6) is 0 Å². The van der Waals surface area contributed by atoms with Crippen LogP contribution in [0.25, 0.3) is 0 Å². The standard InChI is InChI=1S/C23H39N3O4/c1-6-23(10-7-17(4)29-14-23)15-30-18(5)20(25-21(27)16(2)3)22(28)26-11-8-19(13-24)9-12-26/h16-20H,6-12,14-15H2,1-5H3,(H,25,27)/t17?,18-,20?,23?/m1/s1. The summed E-state index contributed by atoms with van der Waals surface area (Å²) in [4.78, 5) is 27.4. The van der Waals surface area contributed by atoms with Crippen molar-refractivity contribution in [3.8, 4) is 6.07 Å². The van der Waals surface area contributed by atoms with Gasteiger partial charge < -0.3 is 19.7 Å². The third kappa shape index (κ3) is 6.42. The Morgan fingerprint density at radius 1 is 1.27 bits per heavy atom. The van der Waals surface area contributed by atoms with Gasteiger partial charge in [0.2, 0.25) is 11.8 Å². The molecule has 2 amide bonds. The number of piperidine rings is 1. The largest absolute Gasteiger partial charge is 0.378 e. The van der Waals surface area contributed by atoms with Gasteiger partial charge in [-0.2, -0.15) is 5.26 Å². The Morgan fingerprint density at radius 2 is 1.93 bits per heavy atom. The van der Waals surface area contributed by atoms with E-state index in [1.54, 1.807) is 4.90 Å². The minimum Gasteiger partial charge on any atom is -0.378 e. The van der Waals surface area contributed by atoms with Crippen molar-refractivity contribution in [2.75, 3.05) is 26.3 Å². The molecule has 170 valence electrons. The van der Waals surface area contributed by atoms with Gasteiger partial charge in [-0.1, -0.05) is 20.8 Å². The second-order valence-corrected chi connectivity index (χ2v) is 9.40. The average Bonchev–Trinajstić information content (AvgIpc) is 2.76. The van der Waals surface area contributed by atoms with Gasteiger partial charge in [-0.15, -0.1) is 0 Å². The van der Waals surface area contributed by atoms with E-state index in [0.717, 1.165) is 19.3 Å². The molecule has 2 rings (SSSR count). The molecular weight excluding hydrogens is 382 g/mol. The van der Waals surface area contributed by atoms with E-state index in [1.807, 2.05) is 20.8 Å². The van der Waals surface area contributed by atoms with Crippen LogP contribution in [0.3, 0.4) is 0 Å².